The number of thiazole rings is 1. The Morgan fingerprint density at radius 2 is 2.00 bits per heavy atom. The van der Waals surface area contributed by atoms with E-state index >= 15 is 0 Å². The molecule has 6 heteroatoms. The molecule has 0 radical (unpaired) electrons. The van der Waals surface area contributed by atoms with E-state index in [-0.39, 0.29) is 15.9 Å². The number of nitrogen functional groups attached to an aromatic ring is 1. The summed E-state index contributed by atoms with van der Waals surface area (Å²) >= 11 is 0.944. The lowest BCUT2D eigenvalue weighted by molar-refractivity contribution is -0.136. The molecule has 2 rings (SSSR count). The van der Waals surface area contributed by atoms with Gasteiger partial charge in [-0.25, -0.2) is 4.98 Å². The summed E-state index contributed by atoms with van der Waals surface area (Å²) in [5, 5.41) is 0. The van der Waals surface area contributed by atoms with Crippen molar-refractivity contribution in [2.24, 2.45) is 0 Å². The smallest absolute Gasteiger partial charge is 0.397 e. The zero-order valence-electron chi connectivity index (χ0n) is 6.80. The molecule has 0 spiro atoms. The standard InChI is InChI=1S/C8H5F3N2S/c9-8(10,11)4-1-2-5(12)6-7(4)14-3-13-6/h1-3H,12H2. The molecule has 0 atom stereocenters. The van der Waals surface area contributed by atoms with Crippen LogP contribution in [-0.2, 0) is 6.18 Å². The highest BCUT2D eigenvalue weighted by molar-refractivity contribution is 7.17. The predicted octanol–water partition coefficient (Wildman–Crippen LogP) is 2.90. The van der Waals surface area contributed by atoms with E-state index in [1.165, 1.54) is 11.6 Å². The van der Waals surface area contributed by atoms with Gasteiger partial charge in [-0.05, 0) is 12.1 Å². The van der Waals surface area contributed by atoms with Crippen molar-refractivity contribution >= 4 is 27.2 Å². The van der Waals surface area contributed by atoms with E-state index in [2.05, 4.69) is 4.98 Å². The Kier molecular flexibility index (Phi) is 1.88. The molecule has 0 aliphatic rings. The molecule has 74 valence electrons. The minimum Gasteiger partial charge on any atom is -0.397 e. The van der Waals surface area contributed by atoms with Crippen molar-refractivity contribution < 1.29 is 13.2 Å². The number of aromatic nitrogens is 1. The van der Waals surface area contributed by atoms with Crippen molar-refractivity contribution in [2.75, 3.05) is 5.73 Å². The Balaban J connectivity index is 2.80. The van der Waals surface area contributed by atoms with E-state index in [1.807, 2.05) is 0 Å². The van der Waals surface area contributed by atoms with Gasteiger partial charge >= 0.3 is 6.18 Å². The number of nitrogens with two attached hydrogens (primary N) is 1. The third kappa shape index (κ3) is 1.31. The first-order valence-corrected chi connectivity index (χ1v) is 4.57. The van der Waals surface area contributed by atoms with Gasteiger partial charge in [0.15, 0.2) is 0 Å². The van der Waals surface area contributed by atoms with E-state index in [9.17, 15) is 13.2 Å². The number of hydrogen-bond donors (Lipinski definition) is 1. The molecule has 1 heterocycles. The summed E-state index contributed by atoms with van der Waals surface area (Å²) in [5.74, 6) is 0. The lowest BCUT2D eigenvalue weighted by atomic mass is 10.2. The number of rotatable bonds is 0. The molecule has 0 bridgehead atoms. The van der Waals surface area contributed by atoms with Gasteiger partial charge in [0, 0.05) is 0 Å². The minimum atomic E-state index is -4.35. The first-order valence-electron chi connectivity index (χ1n) is 3.69. The number of nitrogens with zero attached hydrogens (tertiary/aromatic N) is 1. The average molecular weight is 218 g/mol. The van der Waals surface area contributed by atoms with Gasteiger partial charge < -0.3 is 5.73 Å². The number of hydrogen-bond acceptors (Lipinski definition) is 3. The molecule has 14 heavy (non-hydrogen) atoms. The van der Waals surface area contributed by atoms with Crippen LogP contribution in [0.25, 0.3) is 10.2 Å². The van der Waals surface area contributed by atoms with E-state index in [0.717, 1.165) is 17.4 Å². The third-order valence-electron chi connectivity index (χ3n) is 1.82. The van der Waals surface area contributed by atoms with Crippen LogP contribution in [0.15, 0.2) is 17.6 Å². The van der Waals surface area contributed by atoms with Gasteiger partial charge in [0.1, 0.15) is 5.52 Å². The van der Waals surface area contributed by atoms with E-state index in [0.29, 0.717) is 0 Å². The van der Waals surface area contributed by atoms with Gasteiger partial charge in [0.2, 0.25) is 0 Å². The van der Waals surface area contributed by atoms with Gasteiger partial charge in [0.05, 0.1) is 21.5 Å². The fraction of sp³-hybridized carbons (Fsp3) is 0.125. The Bertz CT molecular complexity index is 475. The van der Waals surface area contributed by atoms with Gasteiger partial charge in [-0.15, -0.1) is 11.3 Å². The summed E-state index contributed by atoms with van der Waals surface area (Å²) in [4.78, 5) is 3.79. The highest BCUT2D eigenvalue weighted by Crippen LogP contribution is 2.38. The van der Waals surface area contributed by atoms with Crippen molar-refractivity contribution in [1.82, 2.24) is 4.98 Å². The molecule has 2 N–H and O–H groups in total. The Labute approximate surface area is 81.2 Å². The number of benzene rings is 1. The summed E-state index contributed by atoms with van der Waals surface area (Å²) in [6, 6.07) is 2.21. The molecule has 0 aliphatic carbocycles. The molecule has 1 aromatic heterocycles. The number of halogens is 3. The Morgan fingerprint density at radius 3 is 2.64 bits per heavy atom. The summed E-state index contributed by atoms with van der Waals surface area (Å²) < 4.78 is 37.5. The molecule has 0 unspecified atom stereocenters. The normalized spacial score (nSPS) is 12.2. The number of anilines is 1. The van der Waals surface area contributed by atoms with Crippen LogP contribution in [0, 0.1) is 0 Å². The molecule has 0 aliphatic heterocycles. The third-order valence-corrected chi connectivity index (χ3v) is 2.68. The number of fused-ring (bicyclic) bond motifs is 1. The fourth-order valence-corrected chi connectivity index (χ4v) is 2.05. The van der Waals surface area contributed by atoms with Crippen molar-refractivity contribution in [3.63, 3.8) is 0 Å². The molecular formula is C8H5F3N2S. The van der Waals surface area contributed by atoms with Crippen LogP contribution in [0.1, 0.15) is 5.56 Å². The van der Waals surface area contributed by atoms with Crippen LogP contribution in [0.4, 0.5) is 18.9 Å². The molecule has 0 fully saturated rings. The van der Waals surface area contributed by atoms with E-state index in [1.54, 1.807) is 0 Å². The van der Waals surface area contributed by atoms with Crippen LogP contribution < -0.4 is 5.73 Å². The lowest BCUT2D eigenvalue weighted by Gasteiger charge is -2.07. The molecule has 1 aromatic carbocycles. The highest BCUT2D eigenvalue weighted by atomic mass is 32.1. The molecule has 2 aromatic rings. The zero-order valence-corrected chi connectivity index (χ0v) is 7.62. The van der Waals surface area contributed by atoms with Crippen molar-refractivity contribution in [2.45, 2.75) is 6.18 Å². The first-order chi connectivity index (χ1) is 6.50. The molecular weight excluding hydrogens is 213 g/mol. The summed E-state index contributed by atoms with van der Waals surface area (Å²) in [6.07, 6.45) is -4.35. The quantitative estimate of drug-likeness (QED) is 0.690. The van der Waals surface area contributed by atoms with Crippen LogP contribution in [0.2, 0.25) is 0 Å². The second-order valence-corrected chi connectivity index (χ2v) is 3.58. The fourth-order valence-electron chi connectivity index (χ4n) is 1.19. The Morgan fingerprint density at radius 1 is 1.29 bits per heavy atom. The topological polar surface area (TPSA) is 38.9 Å². The average Bonchev–Trinajstić information content (AvgIpc) is 2.50. The molecule has 0 amide bonds. The van der Waals surface area contributed by atoms with Crippen LogP contribution in [0.3, 0.4) is 0 Å². The van der Waals surface area contributed by atoms with E-state index < -0.39 is 11.7 Å². The first kappa shape index (κ1) is 9.26. The predicted molar refractivity (Wildman–Crippen MR) is 49.0 cm³/mol. The maximum absolute atomic E-state index is 12.5. The zero-order chi connectivity index (χ0) is 10.3. The summed E-state index contributed by atoms with van der Waals surface area (Å²) in [7, 11) is 0. The van der Waals surface area contributed by atoms with Crippen LogP contribution in [-0.4, -0.2) is 4.98 Å². The minimum absolute atomic E-state index is 0.0949. The van der Waals surface area contributed by atoms with Gasteiger partial charge in [-0.1, -0.05) is 0 Å². The molecule has 0 saturated heterocycles. The van der Waals surface area contributed by atoms with Crippen molar-refractivity contribution in [3.8, 4) is 0 Å². The highest BCUT2D eigenvalue weighted by Gasteiger charge is 2.33. The van der Waals surface area contributed by atoms with Gasteiger partial charge in [0.25, 0.3) is 0 Å². The Hall–Kier alpha value is -1.30. The summed E-state index contributed by atoms with van der Waals surface area (Å²) in [5.41, 5.74) is 6.67. The van der Waals surface area contributed by atoms with Crippen molar-refractivity contribution in [1.29, 1.82) is 0 Å². The summed E-state index contributed by atoms with van der Waals surface area (Å²) in [6.45, 7) is 0. The van der Waals surface area contributed by atoms with Gasteiger partial charge in [-0.2, -0.15) is 13.2 Å². The monoisotopic (exact) mass is 218 g/mol. The number of alkyl halides is 3. The molecule has 0 saturated carbocycles. The largest absolute Gasteiger partial charge is 0.417 e. The van der Waals surface area contributed by atoms with Crippen molar-refractivity contribution in [3.05, 3.63) is 23.2 Å². The lowest BCUT2D eigenvalue weighted by Crippen LogP contribution is -2.05. The second-order valence-electron chi connectivity index (χ2n) is 2.73. The van der Waals surface area contributed by atoms with Crippen LogP contribution >= 0.6 is 11.3 Å². The maximum Gasteiger partial charge on any atom is 0.417 e. The van der Waals surface area contributed by atoms with Crippen LogP contribution in [0.5, 0.6) is 0 Å². The second kappa shape index (κ2) is 2.84. The maximum atomic E-state index is 12.5. The van der Waals surface area contributed by atoms with Gasteiger partial charge in [-0.3, -0.25) is 0 Å². The van der Waals surface area contributed by atoms with E-state index in [4.69, 9.17) is 5.73 Å². The SMILES string of the molecule is Nc1ccc(C(F)(F)F)c2scnc12. The molecule has 2 nitrogen and oxygen atoms in total.